The molecule has 210 valence electrons. The Morgan fingerprint density at radius 3 is 2.28 bits per heavy atom. The Labute approximate surface area is 218 Å². The number of amidine groups is 1. The van der Waals surface area contributed by atoms with E-state index in [1.54, 1.807) is 24.3 Å². The monoisotopic (exact) mass is 576 g/mol. The van der Waals surface area contributed by atoms with Crippen LogP contribution in [-0.2, 0) is 22.7 Å². The zero-order valence-electron chi connectivity index (χ0n) is 20.5. The second-order valence-electron chi connectivity index (χ2n) is 8.84. The van der Waals surface area contributed by atoms with E-state index in [0.29, 0.717) is 11.3 Å². The topological polar surface area (TPSA) is 99.4 Å². The number of hydrazone groups is 1. The van der Waals surface area contributed by atoms with E-state index >= 15 is 0 Å². The minimum absolute atomic E-state index is 0.0382. The van der Waals surface area contributed by atoms with Gasteiger partial charge in [-0.15, -0.1) is 0 Å². The number of fused-ring (bicyclic) bond motifs is 1. The lowest BCUT2D eigenvalue weighted by atomic mass is 10.1. The largest absolute Gasteiger partial charge is 0.516 e. The number of anilines is 1. The predicted octanol–water partition coefficient (Wildman–Crippen LogP) is 4.22. The van der Waals surface area contributed by atoms with Crippen molar-refractivity contribution in [3.05, 3.63) is 65.6 Å². The molecule has 0 saturated carbocycles. The molecule has 0 bridgehead atoms. The number of hydrogen-bond acceptors (Lipinski definition) is 6. The molecule has 1 amide bonds. The molecule has 0 radical (unpaired) electrons. The van der Waals surface area contributed by atoms with Gasteiger partial charge in [0, 0.05) is 18.7 Å². The lowest BCUT2D eigenvalue weighted by molar-refractivity contribution is -0.141. The second-order valence-corrected chi connectivity index (χ2v) is 10.7. The van der Waals surface area contributed by atoms with E-state index in [9.17, 15) is 39.6 Å². The number of rotatable bonds is 6. The van der Waals surface area contributed by atoms with Crippen LogP contribution in [0.1, 0.15) is 35.6 Å². The molecule has 3 heterocycles. The summed E-state index contributed by atoms with van der Waals surface area (Å²) in [6.07, 6.45) is -3.55. The second kappa shape index (κ2) is 10.1. The van der Waals surface area contributed by atoms with E-state index in [2.05, 4.69) is 15.4 Å². The third kappa shape index (κ3) is 5.51. The van der Waals surface area contributed by atoms with E-state index in [0.717, 1.165) is 4.40 Å². The molecule has 0 atom stereocenters. The van der Waals surface area contributed by atoms with Gasteiger partial charge in [0.25, 0.3) is 5.91 Å². The van der Waals surface area contributed by atoms with Crippen LogP contribution in [0.4, 0.5) is 32.0 Å². The van der Waals surface area contributed by atoms with Gasteiger partial charge in [-0.05, 0) is 29.8 Å². The van der Waals surface area contributed by atoms with Crippen LogP contribution in [0.25, 0.3) is 5.65 Å². The van der Waals surface area contributed by atoms with Crippen LogP contribution in [0.5, 0.6) is 0 Å². The van der Waals surface area contributed by atoms with Gasteiger partial charge in [-0.25, -0.2) is 9.29 Å². The molecular formula is C23H22F6N6O3S. The van der Waals surface area contributed by atoms with Crippen LogP contribution in [0, 0.1) is 5.92 Å². The first kappa shape index (κ1) is 28.2. The standard InChI is InChI=1S/C23H22F6N6O3S/c1-14(2)20-32-34(11-12-35(20)39(37,38)23(27,28)29)16-8-6-15(7-9-16)13-30-21(36)18-19(22(24,25)26)31-17-5-3-4-10-33(17)18/h3-10,14H,11-13H2,1-2H3,(H,30,36). The quantitative estimate of drug-likeness (QED) is 0.443. The van der Waals surface area contributed by atoms with E-state index in [4.69, 9.17) is 0 Å². The minimum Gasteiger partial charge on any atom is -0.347 e. The summed E-state index contributed by atoms with van der Waals surface area (Å²) in [5, 5.41) is 7.92. The fourth-order valence-electron chi connectivity index (χ4n) is 3.94. The van der Waals surface area contributed by atoms with Crippen LogP contribution < -0.4 is 10.3 Å². The molecule has 1 N–H and O–H groups in total. The van der Waals surface area contributed by atoms with Gasteiger partial charge in [0.15, 0.2) is 5.69 Å². The number of amides is 1. The van der Waals surface area contributed by atoms with Crippen LogP contribution >= 0.6 is 0 Å². The average molecular weight is 577 g/mol. The number of carbonyl (C=O) groups is 1. The highest BCUT2D eigenvalue weighted by atomic mass is 32.2. The minimum atomic E-state index is -5.61. The molecule has 2 aromatic heterocycles. The number of nitrogens with one attached hydrogen (secondary N) is 1. The van der Waals surface area contributed by atoms with Gasteiger partial charge in [0.05, 0.1) is 18.8 Å². The van der Waals surface area contributed by atoms with Crippen molar-refractivity contribution in [2.24, 2.45) is 11.0 Å². The summed E-state index contributed by atoms with van der Waals surface area (Å²) in [6, 6.07) is 10.5. The molecule has 1 aliphatic rings. The molecule has 0 saturated heterocycles. The lowest BCUT2D eigenvalue weighted by Gasteiger charge is -2.35. The fraction of sp³-hybridized carbons (Fsp3) is 0.348. The molecule has 1 aromatic carbocycles. The Balaban J connectivity index is 1.51. The highest BCUT2D eigenvalue weighted by Crippen LogP contribution is 2.33. The van der Waals surface area contributed by atoms with Crippen molar-refractivity contribution in [3.8, 4) is 0 Å². The summed E-state index contributed by atoms with van der Waals surface area (Å²) >= 11 is 0. The molecule has 3 aromatic rings. The summed E-state index contributed by atoms with van der Waals surface area (Å²) in [5.41, 5.74) is -6.52. The van der Waals surface area contributed by atoms with Gasteiger partial charge in [-0.1, -0.05) is 32.0 Å². The summed E-state index contributed by atoms with van der Waals surface area (Å²) in [7, 11) is -5.61. The van der Waals surface area contributed by atoms with Crippen molar-refractivity contribution in [3.63, 3.8) is 0 Å². The van der Waals surface area contributed by atoms with Crippen LogP contribution in [-0.4, -0.2) is 52.4 Å². The normalized spacial score (nSPS) is 15.2. The fourth-order valence-corrected chi connectivity index (χ4v) is 5.01. The summed E-state index contributed by atoms with van der Waals surface area (Å²) in [4.78, 5) is 16.3. The maximum atomic E-state index is 13.5. The van der Waals surface area contributed by atoms with E-state index in [1.807, 2.05) is 0 Å². The molecule has 0 aliphatic carbocycles. The number of halogens is 6. The van der Waals surface area contributed by atoms with Crippen molar-refractivity contribution in [2.45, 2.75) is 32.1 Å². The molecule has 9 nitrogen and oxygen atoms in total. The van der Waals surface area contributed by atoms with Gasteiger partial charge in [-0.3, -0.25) is 14.2 Å². The van der Waals surface area contributed by atoms with Crippen molar-refractivity contribution < 1.29 is 39.6 Å². The summed E-state index contributed by atoms with van der Waals surface area (Å²) < 4.78 is 105. The van der Waals surface area contributed by atoms with Crippen LogP contribution in [0.15, 0.2) is 53.8 Å². The zero-order valence-corrected chi connectivity index (χ0v) is 21.3. The van der Waals surface area contributed by atoms with Crippen molar-refractivity contribution in [1.82, 2.24) is 19.0 Å². The Morgan fingerprint density at radius 2 is 1.69 bits per heavy atom. The number of alkyl halides is 6. The predicted molar refractivity (Wildman–Crippen MR) is 129 cm³/mol. The molecular weight excluding hydrogens is 554 g/mol. The SMILES string of the molecule is CC(C)C1=NN(c2ccc(CNC(=O)c3c(C(F)(F)F)nc4ccccn34)cc2)CCN1S(=O)(=O)C(F)(F)F. The van der Waals surface area contributed by atoms with Gasteiger partial charge in [-0.2, -0.15) is 39.9 Å². The van der Waals surface area contributed by atoms with Crippen molar-refractivity contribution in [2.75, 3.05) is 18.1 Å². The number of carbonyl (C=O) groups excluding carboxylic acids is 1. The Kier molecular flexibility index (Phi) is 7.27. The number of pyridine rings is 1. The van der Waals surface area contributed by atoms with Gasteiger partial charge in [0.1, 0.15) is 17.2 Å². The summed E-state index contributed by atoms with van der Waals surface area (Å²) in [6.45, 7) is 2.27. The number of hydrogen-bond donors (Lipinski definition) is 1. The number of aromatic nitrogens is 2. The van der Waals surface area contributed by atoms with Gasteiger partial charge in [0.2, 0.25) is 0 Å². The number of benzene rings is 1. The highest BCUT2D eigenvalue weighted by molar-refractivity contribution is 7.90. The Hall–Kier alpha value is -3.82. The molecule has 4 rings (SSSR count). The van der Waals surface area contributed by atoms with Crippen molar-refractivity contribution >= 4 is 33.1 Å². The smallest absolute Gasteiger partial charge is 0.347 e. The molecule has 0 fully saturated rings. The average Bonchev–Trinajstić information content (AvgIpc) is 3.27. The molecule has 39 heavy (non-hydrogen) atoms. The molecule has 0 spiro atoms. The first-order chi connectivity index (χ1) is 18.1. The molecule has 16 heteroatoms. The van der Waals surface area contributed by atoms with E-state index in [-0.39, 0.29) is 28.9 Å². The van der Waals surface area contributed by atoms with Crippen molar-refractivity contribution in [1.29, 1.82) is 0 Å². The summed E-state index contributed by atoms with van der Waals surface area (Å²) in [5.74, 6) is -1.90. The molecule has 1 aliphatic heterocycles. The van der Waals surface area contributed by atoms with Crippen LogP contribution in [0.2, 0.25) is 0 Å². The number of nitrogens with zero attached hydrogens (tertiary/aromatic N) is 5. The van der Waals surface area contributed by atoms with Gasteiger partial charge < -0.3 is 5.32 Å². The third-order valence-corrected chi connectivity index (χ3v) is 7.33. The zero-order chi connectivity index (χ0) is 28.8. The Bertz CT molecular complexity index is 1510. The first-order valence-electron chi connectivity index (χ1n) is 11.5. The van der Waals surface area contributed by atoms with Crippen LogP contribution in [0.3, 0.4) is 0 Å². The molecule has 0 unspecified atom stereocenters. The Morgan fingerprint density at radius 1 is 1.03 bits per heavy atom. The van der Waals surface area contributed by atoms with Gasteiger partial charge >= 0.3 is 21.7 Å². The number of imidazole rings is 1. The maximum Gasteiger partial charge on any atom is 0.516 e. The maximum absolute atomic E-state index is 13.5. The van der Waals surface area contributed by atoms with E-state index in [1.165, 1.54) is 43.3 Å². The first-order valence-corrected chi connectivity index (χ1v) is 12.9. The van der Waals surface area contributed by atoms with E-state index < -0.39 is 51.5 Å². The lowest BCUT2D eigenvalue weighted by Crippen LogP contribution is -2.52. The third-order valence-electron chi connectivity index (χ3n) is 5.79. The highest BCUT2D eigenvalue weighted by Gasteiger charge is 2.52. The number of sulfonamides is 1.